The summed E-state index contributed by atoms with van der Waals surface area (Å²) in [5, 5.41) is 11.0. The van der Waals surface area contributed by atoms with Gasteiger partial charge in [-0.3, -0.25) is 0 Å². The third-order valence-corrected chi connectivity index (χ3v) is 1.13. The molecule has 1 atom stereocenters. The van der Waals surface area contributed by atoms with Gasteiger partial charge in [-0.2, -0.15) is 5.11 Å². The Hall–Kier alpha value is -0.830. The van der Waals surface area contributed by atoms with Gasteiger partial charge in [0.15, 0.2) is 0 Å². The standard InChI is InChI=1S/C7H11O3/c1-4-6(8)10-7(3,9)5-2/h4H,1,5H2,2-3H3. The molecule has 0 fully saturated rings. The number of hydrogen-bond donors (Lipinski definition) is 0. The molecule has 0 bridgehead atoms. The van der Waals surface area contributed by atoms with Gasteiger partial charge in [0.1, 0.15) is 0 Å². The molecule has 1 radical (unpaired) electrons. The van der Waals surface area contributed by atoms with Gasteiger partial charge in [0.05, 0.1) is 0 Å². The number of carbonyl (C=O) groups is 1. The highest BCUT2D eigenvalue weighted by atomic mass is 16.7. The van der Waals surface area contributed by atoms with E-state index >= 15 is 0 Å². The molecule has 0 saturated carbocycles. The fraction of sp³-hybridized carbons (Fsp3) is 0.571. The number of ether oxygens (including phenoxy) is 1. The van der Waals surface area contributed by atoms with Crippen LogP contribution in [0.1, 0.15) is 20.3 Å². The van der Waals surface area contributed by atoms with Gasteiger partial charge in [-0.1, -0.05) is 13.5 Å². The van der Waals surface area contributed by atoms with Crippen LogP contribution in [0.15, 0.2) is 12.7 Å². The fourth-order valence-corrected chi connectivity index (χ4v) is 0.327. The van der Waals surface area contributed by atoms with Crippen molar-refractivity contribution in [1.82, 2.24) is 0 Å². The van der Waals surface area contributed by atoms with Crippen LogP contribution in [0.3, 0.4) is 0 Å². The molecule has 0 aliphatic rings. The summed E-state index contributed by atoms with van der Waals surface area (Å²) >= 11 is 0. The van der Waals surface area contributed by atoms with Gasteiger partial charge in [-0.25, -0.2) is 4.79 Å². The SMILES string of the molecule is C=CC(=O)OC(C)([O])CC. The molecule has 3 nitrogen and oxygen atoms in total. The van der Waals surface area contributed by atoms with Crippen molar-refractivity contribution in [3.8, 4) is 0 Å². The smallest absolute Gasteiger partial charge is 0.332 e. The molecule has 0 rings (SSSR count). The first-order valence-electron chi connectivity index (χ1n) is 3.07. The summed E-state index contributed by atoms with van der Waals surface area (Å²) in [5.41, 5.74) is 0. The van der Waals surface area contributed by atoms with Crippen molar-refractivity contribution >= 4 is 5.97 Å². The molecule has 0 spiro atoms. The predicted octanol–water partition coefficient (Wildman–Crippen LogP) is 1.27. The minimum absolute atomic E-state index is 0.257. The molecule has 0 aromatic rings. The first-order valence-corrected chi connectivity index (χ1v) is 3.07. The Morgan fingerprint density at radius 1 is 1.80 bits per heavy atom. The molecule has 0 aromatic heterocycles. The van der Waals surface area contributed by atoms with E-state index in [9.17, 15) is 9.90 Å². The topological polar surface area (TPSA) is 46.2 Å². The Morgan fingerprint density at radius 2 is 2.30 bits per heavy atom. The molecular weight excluding hydrogens is 132 g/mol. The van der Waals surface area contributed by atoms with Gasteiger partial charge in [0.2, 0.25) is 5.79 Å². The van der Waals surface area contributed by atoms with E-state index in [1.807, 2.05) is 0 Å². The Labute approximate surface area is 60.3 Å². The molecule has 0 amide bonds. The maximum Gasteiger partial charge on any atom is 0.332 e. The highest BCUT2D eigenvalue weighted by Crippen LogP contribution is 2.11. The van der Waals surface area contributed by atoms with Gasteiger partial charge in [-0.15, -0.1) is 0 Å². The summed E-state index contributed by atoms with van der Waals surface area (Å²) in [7, 11) is 0. The van der Waals surface area contributed by atoms with Crippen LogP contribution in [0.4, 0.5) is 0 Å². The molecule has 3 heteroatoms. The Morgan fingerprint density at radius 3 is 2.60 bits per heavy atom. The summed E-state index contributed by atoms with van der Waals surface area (Å²) in [6.45, 7) is 6.14. The lowest BCUT2D eigenvalue weighted by Crippen LogP contribution is -2.27. The van der Waals surface area contributed by atoms with E-state index in [4.69, 9.17) is 0 Å². The molecule has 0 aliphatic carbocycles. The highest BCUT2D eigenvalue weighted by Gasteiger charge is 2.23. The summed E-state index contributed by atoms with van der Waals surface area (Å²) in [6, 6.07) is 0. The van der Waals surface area contributed by atoms with Crippen LogP contribution in [-0.4, -0.2) is 11.8 Å². The van der Waals surface area contributed by atoms with Crippen molar-refractivity contribution in [3.63, 3.8) is 0 Å². The number of rotatable bonds is 3. The molecule has 0 aromatic carbocycles. The monoisotopic (exact) mass is 143 g/mol. The van der Waals surface area contributed by atoms with E-state index in [2.05, 4.69) is 11.3 Å². The van der Waals surface area contributed by atoms with Gasteiger partial charge in [-0.05, 0) is 0 Å². The highest BCUT2D eigenvalue weighted by molar-refractivity contribution is 5.81. The zero-order chi connectivity index (χ0) is 8.20. The summed E-state index contributed by atoms with van der Waals surface area (Å²) < 4.78 is 4.42. The number of esters is 1. The normalized spacial score (nSPS) is 15.5. The molecule has 0 aliphatic heterocycles. The van der Waals surface area contributed by atoms with E-state index in [1.54, 1.807) is 6.92 Å². The van der Waals surface area contributed by atoms with Crippen molar-refractivity contribution in [1.29, 1.82) is 0 Å². The minimum atomic E-state index is -1.61. The van der Waals surface area contributed by atoms with Crippen LogP contribution in [-0.2, 0) is 14.6 Å². The van der Waals surface area contributed by atoms with Crippen molar-refractivity contribution in [2.24, 2.45) is 0 Å². The van der Waals surface area contributed by atoms with Crippen LogP contribution < -0.4 is 0 Å². The lowest BCUT2D eigenvalue weighted by atomic mass is 10.2. The van der Waals surface area contributed by atoms with Crippen molar-refractivity contribution in [2.45, 2.75) is 26.1 Å². The second kappa shape index (κ2) is 3.37. The predicted molar refractivity (Wildman–Crippen MR) is 35.7 cm³/mol. The van der Waals surface area contributed by atoms with E-state index in [-0.39, 0.29) is 6.42 Å². The van der Waals surface area contributed by atoms with Gasteiger partial charge < -0.3 is 4.74 Å². The maximum absolute atomic E-state index is 11.0. The van der Waals surface area contributed by atoms with Crippen LogP contribution in [0.25, 0.3) is 0 Å². The molecule has 0 saturated heterocycles. The average Bonchev–Trinajstić information content (AvgIpc) is 1.87. The molecule has 1 unspecified atom stereocenters. The summed E-state index contributed by atoms with van der Waals surface area (Å²) in [6.07, 6.45) is 1.23. The van der Waals surface area contributed by atoms with E-state index in [0.717, 1.165) is 6.08 Å². The van der Waals surface area contributed by atoms with E-state index in [1.165, 1.54) is 6.92 Å². The second-order valence-corrected chi connectivity index (χ2v) is 2.11. The van der Waals surface area contributed by atoms with Crippen LogP contribution in [0, 0.1) is 0 Å². The second-order valence-electron chi connectivity index (χ2n) is 2.11. The van der Waals surface area contributed by atoms with Crippen LogP contribution in [0.2, 0.25) is 0 Å². The number of carbonyl (C=O) groups excluding carboxylic acids is 1. The zero-order valence-corrected chi connectivity index (χ0v) is 6.22. The lowest BCUT2D eigenvalue weighted by molar-refractivity contribution is -0.221. The maximum atomic E-state index is 11.0. The van der Waals surface area contributed by atoms with E-state index in [0.29, 0.717) is 0 Å². The van der Waals surface area contributed by atoms with E-state index < -0.39 is 11.8 Å². The van der Waals surface area contributed by atoms with Crippen molar-refractivity contribution in [3.05, 3.63) is 12.7 Å². The Bertz CT molecular complexity index is 138. The van der Waals surface area contributed by atoms with Gasteiger partial charge >= 0.3 is 5.97 Å². The molecule has 57 valence electrons. The zero-order valence-electron chi connectivity index (χ0n) is 6.22. The minimum Gasteiger partial charge on any atom is -0.427 e. The molecule has 0 N–H and O–H groups in total. The van der Waals surface area contributed by atoms with Crippen molar-refractivity contribution in [2.75, 3.05) is 0 Å². The molecule has 0 heterocycles. The Kier molecular flexibility index (Phi) is 3.09. The first kappa shape index (κ1) is 9.17. The van der Waals surface area contributed by atoms with Crippen molar-refractivity contribution < 1.29 is 14.6 Å². The lowest BCUT2D eigenvalue weighted by Gasteiger charge is -2.17. The third kappa shape index (κ3) is 3.25. The first-order chi connectivity index (χ1) is 4.52. The summed E-state index contributed by atoms with van der Waals surface area (Å²) in [5.74, 6) is -2.27. The fourth-order valence-electron chi connectivity index (χ4n) is 0.327. The van der Waals surface area contributed by atoms with Gasteiger partial charge in [0.25, 0.3) is 0 Å². The van der Waals surface area contributed by atoms with Crippen LogP contribution >= 0.6 is 0 Å². The molecule has 10 heavy (non-hydrogen) atoms. The largest absolute Gasteiger partial charge is 0.427 e. The number of hydrogen-bond acceptors (Lipinski definition) is 2. The quantitative estimate of drug-likeness (QED) is 0.339. The van der Waals surface area contributed by atoms with Crippen LogP contribution in [0.5, 0.6) is 0 Å². The Balaban J connectivity index is 3.87. The van der Waals surface area contributed by atoms with Gasteiger partial charge in [0, 0.05) is 19.4 Å². The summed E-state index contributed by atoms with van der Waals surface area (Å²) in [4.78, 5) is 10.4. The molecular formula is C7H11O3. The average molecular weight is 143 g/mol. The third-order valence-electron chi connectivity index (χ3n) is 1.13.